The molecule has 0 aliphatic rings. The lowest BCUT2D eigenvalue weighted by atomic mass is 10.1. The predicted molar refractivity (Wildman–Crippen MR) is 71.5 cm³/mol. The van der Waals surface area contributed by atoms with Crippen LogP contribution in [0.25, 0.3) is 0 Å². The van der Waals surface area contributed by atoms with Gasteiger partial charge >= 0.3 is 0 Å². The van der Waals surface area contributed by atoms with Gasteiger partial charge in [-0.25, -0.2) is 4.39 Å². The van der Waals surface area contributed by atoms with Crippen molar-refractivity contribution >= 4 is 0 Å². The molecule has 0 aliphatic heterocycles. The molecule has 0 atom stereocenters. The summed E-state index contributed by atoms with van der Waals surface area (Å²) in [6.07, 6.45) is 3.33. The van der Waals surface area contributed by atoms with E-state index in [9.17, 15) is 4.39 Å². The zero-order valence-electron chi connectivity index (χ0n) is 10.8. The molecule has 0 aliphatic carbocycles. The quantitative estimate of drug-likeness (QED) is 0.621. The minimum Gasteiger partial charge on any atom is -0.377 e. The Kier molecular flexibility index (Phi) is 7.09. The van der Waals surface area contributed by atoms with Crippen LogP contribution >= 0.6 is 0 Å². The van der Waals surface area contributed by atoms with Gasteiger partial charge < -0.3 is 10.5 Å². The van der Waals surface area contributed by atoms with Gasteiger partial charge in [-0.05, 0) is 18.6 Å². The monoisotopic (exact) mass is 249 g/mol. The van der Waals surface area contributed by atoms with Gasteiger partial charge in [0.1, 0.15) is 5.82 Å². The molecule has 0 heterocycles. The van der Waals surface area contributed by atoms with Crippen LogP contribution in [-0.2, 0) is 11.3 Å². The topological polar surface area (TPSA) is 35.2 Å². The van der Waals surface area contributed by atoms with Gasteiger partial charge in [0, 0.05) is 17.7 Å². The maximum Gasteiger partial charge on any atom is 0.129 e. The summed E-state index contributed by atoms with van der Waals surface area (Å²) in [5.74, 6) is 5.23. The first-order valence-electron chi connectivity index (χ1n) is 6.33. The third kappa shape index (κ3) is 5.31. The van der Waals surface area contributed by atoms with Crippen LogP contribution in [0.2, 0.25) is 0 Å². The fraction of sp³-hybridized carbons (Fsp3) is 0.467. The van der Waals surface area contributed by atoms with E-state index in [-0.39, 0.29) is 12.4 Å². The summed E-state index contributed by atoms with van der Waals surface area (Å²) in [5, 5.41) is 0. The molecule has 2 nitrogen and oxygen atoms in total. The Bertz CT molecular complexity index is 420. The number of hydrogen-bond acceptors (Lipinski definition) is 2. The number of halogens is 1. The summed E-state index contributed by atoms with van der Waals surface area (Å²) in [5.41, 5.74) is 6.48. The van der Waals surface area contributed by atoms with E-state index >= 15 is 0 Å². The molecule has 98 valence electrons. The molecule has 0 saturated heterocycles. The van der Waals surface area contributed by atoms with Gasteiger partial charge in [0.2, 0.25) is 0 Å². The average molecular weight is 249 g/mol. The lowest BCUT2D eigenvalue weighted by Crippen LogP contribution is -1.98. The highest BCUT2D eigenvalue weighted by molar-refractivity contribution is 5.37. The van der Waals surface area contributed by atoms with E-state index in [1.165, 1.54) is 6.07 Å². The van der Waals surface area contributed by atoms with Gasteiger partial charge in [-0.3, -0.25) is 0 Å². The molecule has 0 bridgehead atoms. The Hall–Kier alpha value is -1.37. The van der Waals surface area contributed by atoms with Crippen LogP contribution < -0.4 is 5.73 Å². The van der Waals surface area contributed by atoms with Crippen LogP contribution in [0.1, 0.15) is 37.3 Å². The number of rotatable bonds is 6. The zero-order valence-corrected chi connectivity index (χ0v) is 10.8. The molecule has 0 spiro atoms. The third-order valence-electron chi connectivity index (χ3n) is 2.54. The molecular formula is C15H20FNO. The maximum absolute atomic E-state index is 13.7. The second-order valence-corrected chi connectivity index (χ2v) is 4.07. The SMILES string of the molecule is CCCCCOCc1ccc(C#CCN)cc1F. The van der Waals surface area contributed by atoms with Crippen molar-refractivity contribution in [2.45, 2.75) is 32.8 Å². The van der Waals surface area contributed by atoms with E-state index in [4.69, 9.17) is 10.5 Å². The minimum absolute atomic E-state index is 0.269. The van der Waals surface area contributed by atoms with Crippen LogP contribution in [0.15, 0.2) is 18.2 Å². The molecule has 18 heavy (non-hydrogen) atoms. The van der Waals surface area contributed by atoms with Gasteiger partial charge in [-0.2, -0.15) is 0 Å². The molecule has 3 heteroatoms. The van der Waals surface area contributed by atoms with Crippen LogP contribution in [0, 0.1) is 17.7 Å². The van der Waals surface area contributed by atoms with Crippen LogP contribution in [-0.4, -0.2) is 13.2 Å². The number of hydrogen-bond donors (Lipinski definition) is 1. The number of unbranched alkanes of at least 4 members (excludes halogenated alkanes) is 2. The summed E-state index contributed by atoms with van der Waals surface area (Å²) in [7, 11) is 0. The highest BCUT2D eigenvalue weighted by Gasteiger charge is 2.02. The van der Waals surface area contributed by atoms with E-state index in [0.717, 1.165) is 19.3 Å². The van der Waals surface area contributed by atoms with Crippen LogP contribution in [0.5, 0.6) is 0 Å². The first-order valence-corrected chi connectivity index (χ1v) is 6.33. The molecule has 0 radical (unpaired) electrons. The molecule has 1 aromatic rings. The fourth-order valence-electron chi connectivity index (χ4n) is 1.53. The highest BCUT2D eigenvalue weighted by Crippen LogP contribution is 2.11. The Morgan fingerprint density at radius 3 is 2.83 bits per heavy atom. The Balaban J connectivity index is 2.47. The molecule has 0 amide bonds. The number of ether oxygens (including phenoxy) is 1. The normalized spacial score (nSPS) is 9.94. The van der Waals surface area contributed by atoms with Crippen molar-refractivity contribution < 1.29 is 9.13 Å². The summed E-state index contributed by atoms with van der Waals surface area (Å²) < 4.78 is 19.1. The molecule has 1 aromatic carbocycles. The molecule has 1 rings (SSSR count). The molecule has 0 unspecified atom stereocenters. The second kappa shape index (κ2) is 8.68. The van der Waals surface area contributed by atoms with E-state index in [1.54, 1.807) is 12.1 Å². The Morgan fingerprint density at radius 1 is 1.33 bits per heavy atom. The van der Waals surface area contributed by atoms with Gasteiger partial charge in [-0.15, -0.1) is 0 Å². The van der Waals surface area contributed by atoms with Crippen molar-refractivity contribution in [2.75, 3.05) is 13.2 Å². The first kappa shape index (κ1) is 14.7. The average Bonchev–Trinajstić information content (AvgIpc) is 2.38. The van der Waals surface area contributed by atoms with Crippen molar-refractivity contribution in [1.82, 2.24) is 0 Å². The highest BCUT2D eigenvalue weighted by atomic mass is 19.1. The lowest BCUT2D eigenvalue weighted by Gasteiger charge is -2.05. The number of nitrogens with two attached hydrogens (primary N) is 1. The van der Waals surface area contributed by atoms with Crippen LogP contribution in [0.4, 0.5) is 4.39 Å². The Morgan fingerprint density at radius 2 is 2.17 bits per heavy atom. The van der Waals surface area contributed by atoms with Crippen LogP contribution in [0.3, 0.4) is 0 Å². The van der Waals surface area contributed by atoms with Crippen molar-refractivity contribution in [1.29, 1.82) is 0 Å². The van der Waals surface area contributed by atoms with E-state index in [2.05, 4.69) is 18.8 Å². The number of benzene rings is 1. The molecule has 0 aromatic heterocycles. The molecule has 0 saturated carbocycles. The lowest BCUT2D eigenvalue weighted by molar-refractivity contribution is 0.115. The van der Waals surface area contributed by atoms with E-state index in [1.807, 2.05) is 0 Å². The predicted octanol–water partition coefficient (Wildman–Crippen LogP) is 2.84. The van der Waals surface area contributed by atoms with Crippen molar-refractivity contribution in [3.05, 3.63) is 35.1 Å². The van der Waals surface area contributed by atoms with Gasteiger partial charge in [-0.1, -0.05) is 37.7 Å². The minimum atomic E-state index is -0.269. The third-order valence-corrected chi connectivity index (χ3v) is 2.54. The van der Waals surface area contributed by atoms with Gasteiger partial charge in [0.25, 0.3) is 0 Å². The van der Waals surface area contributed by atoms with Crippen molar-refractivity contribution in [2.24, 2.45) is 5.73 Å². The fourth-order valence-corrected chi connectivity index (χ4v) is 1.53. The first-order chi connectivity index (χ1) is 8.77. The van der Waals surface area contributed by atoms with Crippen molar-refractivity contribution in [3.63, 3.8) is 0 Å². The molecule has 2 N–H and O–H groups in total. The Labute approximate surface area is 108 Å². The summed E-state index contributed by atoms with van der Waals surface area (Å²) in [6.45, 7) is 3.42. The van der Waals surface area contributed by atoms with Gasteiger partial charge in [0.05, 0.1) is 13.2 Å². The standard InChI is InChI=1S/C15H20FNO/c1-2-3-4-10-18-12-14-8-7-13(6-5-9-17)11-15(14)16/h7-8,11H,2-4,9-10,12,17H2,1H3. The zero-order chi connectivity index (χ0) is 13.2. The van der Waals surface area contributed by atoms with Crippen molar-refractivity contribution in [3.8, 4) is 11.8 Å². The maximum atomic E-state index is 13.7. The summed E-state index contributed by atoms with van der Waals surface area (Å²) in [4.78, 5) is 0. The summed E-state index contributed by atoms with van der Waals surface area (Å²) in [6, 6.07) is 4.93. The van der Waals surface area contributed by atoms with Gasteiger partial charge in [0.15, 0.2) is 0 Å². The van der Waals surface area contributed by atoms with E-state index in [0.29, 0.717) is 24.3 Å². The smallest absolute Gasteiger partial charge is 0.129 e. The molecular weight excluding hydrogens is 229 g/mol. The largest absolute Gasteiger partial charge is 0.377 e. The van der Waals surface area contributed by atoms with E-state index < -0.39 is 0 Å². The second-order valence-electron chi connectivity index (χ2n) is 4.07. The summed E-state index contributed by atoms with van der Waals surface area (Å²) >= 11 is 0. The molecule has 0 fully saturated rings.